The molecule has 3 nitrogen and oxygen atoms in total. The minimum atomic E-state index is -0.411. The average Bonchev–Trinajstić information content (AvgIpc) is 2.27. The van der Waals surface area contributed by atoms with Crippen molar-refractivity contribution < 1.29 is 4.79 Å². The zero-order chi connectivity index (χ0) is 13.1. The fourth-order valence-corrected chi connectivity index (χ4v) is 2.40. The Hall–Kier alpha value is -0.570. The van der Waals surface area contributed by atoms with Gasteiger partial charge in [0.05, 0.1) is 6.04 Å². The summed E-state index contributed by atoms with van der Waals surface area (Å²) in [5, 5.41) is 3.11. The highest BCUT2D eigenvalue weighted by atomic mass is 16.2. The third-order valence-electron chi connectivity index (χ3n) is 3.99. The molecule has 1 amide bonds. The Kier molecular flexibility index (Phi) is 4.99. The van der Waals surface area contributed by atoms with Gasteiger partial charge in [-0.25, -0.2) is 0 Å². The first-order valence-corrected chi connectivity index (χ1v) is 6.90. The van der Waals surface area contributed by atoms with E-state index in [4.69, 9.17) is 5.73 Å². The normalized spacial score (nSPS) is 27.6. The van der Waals surface area contributed by atoms with E-state index in [1.54, 1.807) is 0 Å². The summed E-state index contributed by atoms with van der Waals surface area (Å²) in [5.41, 5.74) is 5.79. The van der Waals surface area contributed by atoms with E-state index in [0.717, 1.165) is 18.8 Å². The van der Waals surface area contributed by atoms with E-state index in [-0.39, 0.29) is 11.3 Å². The Morgan fingerprint density at radius 2 is 1.82 bits per heavy atom. The molecule has 0 heterocycles. The zero-order valence-corrected chi connectivity index (χ0v) is 11.8. The summed E-state index contributed by atoms with van der Waals surface area (Å²) in [6.07, 6.45) is 5.97. The number of hydrogen-bond acceptors (Lipinski definition) is 2. The van der Waals surface area contributed by atoms with Gasteiger partial charge in [0.25, 0.3) is 0 Å². The molecule has 0 radical (unpaired) electrons. The van der Waals surface area contributed by atoms with Crippen LogP contribution in [0.25, 0.3) is 0 Å². The maximum Gasteiger partial charge on any atom is 0.237 e. The van der Waals surface area contributed by atoms with Crippen molar-refractivity contribution in [2.24, 2.45) is 17.1 Å². The number of hydrogen-bond donors (Lipinski definition) is 2. The van der Waals surface area contributed by atoms with E-state index >= 15 is 0 Å². The minimum Gasteiger partial charge on any atom is -0.352 e. The Morgan fingerprint density at radius 1 is 1.29 bits per heavy atom. The van der Waals surface area contributed by atoms with Gasteiger partial charge >= 0.3 is 0 Å². The van der Waals surface area contributed by atoms with Crippen LogP contribution in [0.15, 0.2) is 0 Å². The van der Waals surface area contributed by atoms with Crippen LogP contribution in [-0.4, -0.2) is 18.0 Å². The molecule has 0 saturated heterocycles. The Labute approximate surface area is 106 Å². The summed E-state index contributed by atoms with van der Waals surface area (Å²) < 4.78 is 0. The molecule has 1 rings (SSSR count). The zero-order valence-electron chi connectivity index (χ0n) is 11.8. The van der Waals surface area contributed by atoms with Crippen molar-refractivity contribution in [3.05, 3.63) is 0 Å². The third-order valence-corrected chi connectivity index (χ3v) is 3.99. The lowest BCUT2D eigenvalue weighted by molar-refractivity contribution is -0.125. The number of nitrogens with two attached hydrogens (primary N) is 1. The van der Waals surface area contributed by atoms with Crippen molar-refractivity contribution in [1.82, 2.24) is 5.32 Å². The van der Waals surface area contributed by atoms with Crippen LogP contribution in [-0.2, 0) is 4.79 Å². The number of carbonyl (C=O) groups is 1. The van der Waals surface area contributed by atoms with Crippen LogP contribution >= 0.6 is 0 Å². The lowest BCUT2D eigenvalue weighted by Crippen LogP contribution is -2.51. The predicted molar refractivity (Wildman–Crippen MR) is 71.6 cm³/mol. The van der Waals surface area contributed by atoms with Crippen molar-refractivity contribution in [1.29, 1.82) is 0 Å². The SMILES string of the molecule is CCC1CCC(NC(=O)[C@@H](N)C(C)(C)C)CC1. The maximum atomic E-state index is 12.0. The molecule has 0 aromatic carbocycles. The van der Waals surface area contributed by atoms with Crippen LogP contribution in [0, 0.1) is 11.3 Å². The molecule has 3 N–H and O–H groups in total. The molecule has 0 unspecified atom stereocenters. The van der Waals surface area contributed by atoms with E-state index in [1.807, 2.05) is 20.8 Å². The Bertz CT molecular complexity index is 249. The van der Waals surface area contributed by atoms with E-state index in [2.05, 4.69) is 12.2 Å². The van der Waals surface area contributed by atoms with Gasteiger partial charge in [-0.15, -0.1) is 0 Å². The first-order valence-electron chi connectivity index (χ1n) is 6.90. The lowest BCUT2D eigenvalue weighted by atomic mass is 9.83. The molecule has 1 saturated carbocycles. The van der Waals surface area contributed by atoms with E-state index in [0.29, 0.717) is 6.04 Å². The topological polar surface area (TPSA) is 55.1 Å². The third kappa shape index (κ3) is 4.30. The highest BCUT2D eigenvalue weighted by Crippen LogP contribution is 2.27. The maximum absolute atomic E-state index is 12.0. The van der Waals surface area contributed by atoms with Crippen LogP contribution in [0.5, 0.6) is 0 Å². The van der Waals surface area contributed by atoms with E-state index < -0.39 is 6.04 Å². The fraction of sp³-hybridized carbons (Fsp3) is 0.929. The molecule has 0 aromatic heterocycles. The Balaban J connectivity index is 2.38. The van der Waals surface area contributed by atoms with E-state index in [9.17, 15) is 4.79 Å². The second-order valence-electron chi connectivity index (χ2n) is 6.48. The highest BCUT2D eigenvalue weighted by Gasteiger charge is 2.29. The fourth-order valence-electron chi connectivity index (χ4n) is 2.40. The van der Waals surface area contributed by atoms with Gasteiger partial charge in [-0.1, -0.05) is 34.1 Å². The molecule has 1 aliphatic rings. The molecule has 100 valence electrons. The molecule has 0 aromatic rings. The summed E-state index contributed by atoms with van der Waals surface area (Å²) in [4.78, 5) is 12.0. The summed E-state index contributed by atoms with van der Waals surface area (Å²) in [7, 11) is 0. The molecule has 1 fully saturated rings. The summed E-state index contributed by atoms with van der Waals surface area (Å²) in [6, 6.07) is -0.0647. The molecule has 1 atom stereocenters. The van der Waals surface area contributed by atoms with Crippen molar-refractivity contribution in [2.45, 2.75) is 71.9 Å². The first-order chi connectivity index (χ1) is 7.84. The van der Waals surface area contributed by atoms with Crippen molar-refractivity contribution >= 4 is 5.91 Å². The van der Waals surface area contributed by atoms with Gasteiger partial charge < -0.3 is 11.1 Å². The van der Waals surface area contributed by atoms with Crippen molar-refractivity contribution in [3.8, 4) is 0 Å². The highest BCUT2D eigenvalue weighted by molar-refractivity contribution is 5.82. The molecule has 0 spiro atoms. The first kappa shape index (κ1) is 14.5. The van der Waals surface area contributed by atoms with Crippen LogP contribution in [0.4, 0.5) is 0 Å². The second-order valence-corrected chi connectivity index (χ2v) is 6.48. The molecule has 0 bridgehead atoms. The van der Waals surface area contributed by atoms with Crippen LogP contribution in [0.3, 0.4) is 0 Å². The van der Waals surface area contributed by atoms with Gasteiger partial charge in [-0.2, -0.15) is 0 Å². The van der Waals surface area contributed by atoms with Gasteiger partial charge in [0, 0.05) is 6.04 Å². The molecular weight excluding hydrogens is 212 g/mol. The standard InChI is InChI=1S/C14H28N2O/c1-5-10-6-8-11(9-7-10)16-13(17)12(15)14(2,3)4/h10-12H,5-9,15H2,1-4H3,(H,16,17)/t10?,11?,12-/m1/s1. The average molecular weight is 240 g/mol. The van der Waals surface area contributed by atoms with Gasteiger partial charge in [0.2, 0.25) is 5.91 Å². The molecule has 1 aliphatic carbocycles. The predicted octanol–water partition coefficient (Wildman–Crippen LogP) is 2.44. The monoisotopic (exact) mass is 240 g/mol. The quantitative estimate of drug-likeness (QED) is 0.796. The van der Waals surface area contributed by atoms with Gasteiger partial charge in [-0.3, -0.25) is 4.79 Å². The second kappa shape index (κ2) is 5.85. The number of nitrogens with one attached hydrogen (secondary N) is 1. The van der Waals surface area contributed by atoms with Crippen LogP contribution in [0.2, 0.25) is 0 Å². The van der Waals surface area contributed by atoms with Gasteiger partial charge in [0.1, 0.15) is 0 Å². The summed E-state index contributed by atoms with van der Waals surface area (Å²) in [5.74, 6) is 0.872. The number of rotatable bonds is 3. The summed E-state index contributed by atoms with van der Waals surface area (Å²) >= 11 is 0. The smallest absolute Gasteiger partial charge is 0.237 e. The lowest BCUT2D eigenvalue weighted by Gasteiger charge is -2.32. The molecule has 0 aliphatic heterocycles. The number of amides is 1. The molecule has 17 heavy (non-hydrogen) atoms. The van der Waals surface area contributed by atoms with Crippen LogP contribution in [0.1, 0.15) is 59.8 Å². The number of carbonyl (C=O) groups excluding carboxylic acids is 1. The summed E-state index contributed by atoms with van der Waals surface area (Å²) in [6.45, 7) is 8.26. The van der Waals surface area contributed by atoms with Gasteiger partial charge in [0.15, 0.2) is 0 Å². The van der Waals surface area contributed by atoms with E-state index in [1.165, 1.54) is 19.3 Å². The van der Waals surface area contributed by atoms with Crippen molar-refractivity contribution in [3.63, 3.8) is 0 Å². The minimum absolute atomic E-state index is 0.0115. The molecule has 3 heteroatoms. The largest absolute Gasteiger partial charge is 0.352 e. The van der Waals surface area contributed by atoms with Crippen LogP contribution < -0.4 is 11.1 Å². The molecular formula is C14H28N2O. The van der Waals surface area contributed by atoms with Gasteiger partial charge in [-0.05, 0) is 37.0 Å². The van der Waals surface area contributed by atoms with Crippen molar-refractivity contribution in [2.75, 3.05) is 0 Å². The Morgan fingerprint density at radius 3 is 2.24 bits per heavy atom.